The highest BCUT2D eigenvalue weighted by atomic mass is 32.2. The molecular formula is C9H14N4O2S2. The van der Waals surface area contributed by atoms with E-state index in [1.54, 1.807) is 0 Å². The van der Waals surface area contributed by atoms with Crippen LogP contribution in [0, 0.1) is 0 Å². The summed E-state index contributed by atoms with van der Waals surface area (Å²) in [5.74, 6) is 0. The van der Waals surface area contributed by atoms with Crippen LogP contribution in [-0.4, -0.2) is 29.1 Å². The number of hydrogen-bond donors (Lipinski definition) is 3. The van der Waals surface area contributed by atoms with Gasteiger partial charge in [0.15, 0.2) is 5.03 Å². The first-order valence-electron chi connectivity index (χ1n) is 5.30. The highest BCUT2D eigenvalue weighted by molar-refractivity contribution is 7.89. The summed E-state index contributed by atoms with van der Waals surface area (Å²) in [4.78, 5) is 0.207. The molecule has 4 N–H and O–H groups in total. The van der Waals surface area contributed by atoms with Crippen molar-refractivity contribution >= 4 is 27.2 Å². The van der Waals surface area contributed by atoms with Crippen LogP contribution in [0.15, 0.2) is 17.3 Å². The number of hydrogen-bond acceptors (Lipinski definition) is 4. The van der Waals surface area contributed by atoms with Crippen molar-refractivity contribution in [2.24, 2.45) is 5.73 Å². The molecule has 1 aliphatic rings. The summed E-state index contributed by atoms with van der Waals surface area (Å²) in [5, 5.41) is 6.07. The van der Waals surface area contributed by atoms with E-state index in [4.69, 9.17) is 18.0 Å². The normalized spacial score (nSPS) is 19.3. The monoisotopic (exact) mass is 274 g/mol. The second kappa shape index (κ2) is 4.35. The van der Waals surface area contributed by atoms with E-state index in [9.17, 15) is 8.42 Å². The molecule has 0 saturated heterocycles. The summed E-state index contributed by atoms with van der Waals surface area (Å²) in [6.45, 7) is 0. The molecule has 0 radical (unpaired) electrons. The smallest absolute Gasteiger partial charge is 0.258 e. The zero-order chi connectivity index (χ0) is 12.5. The Morgan fingerprint density at radius 1 is 1.53 bits per heavy atom. The van der Waals surface area contributed by atoms with Crippen molar-refractivity contribution in [3.05, 3.63) is 12.3 Å². The molecule has 6 nitrogen and oxygen atoms in total. The van der Waals surface area contributed by atoms with E-state index in [1.807, 2.05) is 0 Å². The van der Waals surface area contributed by atoms with Gasteiger partial charge in [-0.05, 0) is 18.9 Å². The van der Waals surface area contributed by atoms with Gasteiger partial charge in [-0.1, -0.05) is 25.1 Å². The molecule has 2 rings (SSSR count). The van der Waals surface area contributed by atoms with Crippen LogP contribution >= 0.6 is 12.2 Å². The Bertz CT molecular complexity index is 503. The number of nitrogens with one attached hydrogen (secondary N) is 2. The number of H-pyrrole nitrogens is 1. The quantitative estimate of drug-likeness (QED) is 0.685. The lowest BCUT2D eigenvalue weighted by Gasteiger charge is -2.28. The summed E-state index contributed by atoms with van der Waals surface area (Å²) >= 11 is 4.99. The van der Waals surface area contributed by atoms with E-state index in [1.165, 1.54) is 12.3 Å². The fourth-order valence-corrected chi connectivity index (χ4v) is 3.75. The minimum atomic E-state index is -3.64. The van der Waals surface area contributed by atoms with E-state index in [2.05, 4.69) is 14.9 Å². The van der Waals surface area contributed by atoms with Crippen LogP contribution in [0.25, 0.3) is 0 Å². The predicted molar refractivity (Wildman–Crippen MR) is 66.9 cm³/mol. The average molecular weight is 274 g/mol. The van der Waals surface area contributed by atoms with Crippen LogP contribution in [0.5, 0.6) is 0 Å². The molecule has 1 heterocycles. The van der Waals surface area contributed by atoms with Gasteiger partial charge < -0.3 is 5.73 Å². The third-order valence-electron chi connectivity index (χ3n) is 3.02. The third-order valence-corrected chi connectivity index (χ3v) is 4.88. The van der Waals surface area contributed by atoms with Gasteiger partial charge in [-0.25, -0.2) is 8.42 Å². The minimum Gasteiger partial charge on any atom is -0.392 e. The third kappa shape index (κ3) is 2.33. The molecule has 17 heavy (non-hydrogen) atoms. The number of rotatable bonds is 4. The summed E-state index contributed by atoms with van der Waals surface area (Å²) in [6, 6.07) is 1.39. The molecular weight excluding hydrogens is 260 g/mol. The maximum Gasteiger partial charge on any atom is 0.258 e. The first kappa shape index (κ1) is 12.5. The lowest BCUT2D eigenvalue weighted by Crippen LogP contribution is -2.54. The Morgan fingerprint density at radius 2 is 2.18 bits per heavy atom. The second-order valence-electron chi connectivity index (χ2n) is 4.18. The fourth-order valence-electron chi connectivity index (χ4n) is 2.08. The first-order chi connectivity index (χ1) is 7.96. The Labute approximate surface area is 105 Å². The predicted octanol–water partition coefficient (Wildman–Crippen LogP) is 0.287. The Hall–Kier alpha value is -0.990. The summed E-state index contributed by atoms with van der Waals surface area (Å²) in [6.07, 6.45) is 4.52. The van der Waals surface area contributed by atoms with Crippen LogP contribution in [0.2, 0.25) is 0 Å². The molecule has 1 fully saturated rings. The van der Waals surface area contributed by atoms with Gasteiger partial charge in [0.05, 0.1) is 16.7 Å². The number of aromatic nitrogens is 2. The van der Waals surface area contributed by atoms with Crippen molar-refractivity contribution in [1.29, 1.82) is 0 Å². The summed E-state index contributed by atoms with van der Waals surface area (Å²) < 4.78 is 26.7. The highest BCUT2D eigenvalue weighted by Gasteiger charge is 2.40. The molecule has 1 aromatic heterocycles. The van der Waals surface area contributed by atoms with Gasteiger partial charge in [0.1, 0.15) is 0 Å². The lowest BCUT2D eigenvalue weighted by molar-refractivity contribution is 0.500. The molecule has 0 atom stereocenters. The van der Waals surface area contributed by atoms with Crippen molar-refractivity contribution in [2.75, 3.05) is 0 Å². The molecule has 0 aliphatic heterocycles. The van der Waals surface area contributed by atoms with Gasteiger partial charge >= 0.3 is 0 Å². The van der Waals surface area contributed by atoms with Crippen LogP contribution in [0.4, 0.5) is 0 Å². The number of thiocarbonyl (C=S) groups is 1. The molecule has 1 saturated carbocycles. The maximum absolute atomic E-state index is 12.1. The fraction of sp³-hybridized carbons (Fsp3) is 0.556. The molecule has 0 bridgehead atoms. The van der Waals surface area contributed by atoms with Crippen LogP contribution < -0.4 is 10.5 Å². The largest absolute Gasteiger partial charge is 0.392 e. The standard InChI is InChI=1S/C9H14N4O2S2/c10-8(16)9(4-1-2-5-9)13-17(14,15)7-3-6-11-12-7/h3,6,13H,1-2,4-5H2,(H2,10,16)(H,11,12). The molecule has 0 spiro atoms. The Morgan fingerprint density at radius 3 is 2.65 bits per heavy atom. The Balaban J connectivity index is 2.28. The topological polar surface area (TPSA) is 101 Å². The number of nitrogens with two attached hydrogens (primary N) is 1. The molecule has 0 aromatic carbocycles. The van der Waals surface area contributed by atoms with E-state index in [-0.39, 0.29) is 10.0 Å². The van der Waals surface area contributed by atoms with Gasteiger partial charge in [0, 0.05) is 0 Å². The minimum absolute atomic E-state index is 0.0278. The molecule has 0 unspecified atom stereocenters. The number of sulfonamides is 1. The van der Waals surface area contributed by atoms with Crippen LogP contribution in [0.3, 0.4) is 0 Å². The van der Waals surface area contributed by atoms with Crippen LogP contribution in [-0.2, 0) is 10.0 Å². The van der Waals surface area contributed by atoms with E-state index >= 15 is 0 Å². The van der Waals surface area contributed by atoms with Gasteiger partial charge in [0.2, 0.25) is 0 Å². The van der Waals surface area contributed by atoms with Gasteiger partial charge in [-0.2, -0.15) is 9.82 Å². The number of nitrogens with zero attached hydrogens (tertiary/aromatic N) is 1. The molecule has 1 aromatic rings. The molecule has 1 aliphatic carbocycles. The lowest BCUT2D eigenvalue weighted by atomic mass is 10.00. The zero-order valence-corrected chi connectivity index (χ0v) is 10.8. The van der Waals surface area contributed by atoms with E-state index < -0.39 is 15.6 Å². The van der Waals surface area contributed by atoms with Crippen molar-refractivity contribution in [3.8, 4) is 0 Å². The van der Waals surface area contributed by atoms with Gasteiger partial charge in [-0.15, -0.1) is 0 Å². The van der Waals surface area contributed by atoms with E-state index in [0.29, 0.717) is 12.8 Å². The van der Waals surface area contributed by atoms with Crippen molar-refractivity contribution < 1.29 is 8.42 Å². The Kier molecular flexibility index (Phi) is 3.19. The maximum atomic E-state index is 12.1. The highest BCUT2D eigenvalue weighted by Crippen LogP contribution is 2.31. The SMILES string of the molecule is NC(=S)C1(NS(=O)(=O)c2ccn[nH]2)CCCC1. The molecule has 8 heteroatoms. The zero-order valence-electron chi connectivity index (χ0n) is 9.14. The summed E-state index contributed by atoms with van der Waals surface area (Å²) in [5.41, 5.74) is 4.89. The second-order valence-corrected chi connectivity index (χ2v) is 6.27. The van der Waals surface area contributed by atoms with Gasteiger partial charge in [0.25, 0.3) is 10.0 Å². The first-order valence-corrected chi connectivity index (χ1v) is 7.19. The number of aromatic amines is 1. The van der Waals surface area contributed by atoms with Crippen molar-refractivity contribution in [2.45, 2.75) is 36.2 Å². The van der Waals surface area contributed by atoms with Crippen LogP contribution in [0.1, 0.15) is 25.7 Å². The molecule has 0 amide bonds. The average Bonchev–Trinajstić information content (AvgIpc) is 2.86. The molecule has 94 valence electrons. The van der Waals surface area contributed by atoms with Gasteiger partial charge in [-0.3, -0.25) is 5.10 Å². The van der Waals surface area contributed by atoms with Crippen molar-refractivity contribution in [3.63, 3.8) is 0 Å². The van der Waals surface area contributed by atoms with Crippen molar-refractivity contribution in [1.82, 2.24) is 14.9 Å². The van der Waals surface area contributed by atoms with E-state index in [0.717, 1.165) is 12.8 Å². The summed E-state index contributed by atoms with van der Waals surface area (Å²) in [7, 11) is -3.64.